The molecule has 0 saturated carbocycles. The molecule has 7 heteroatoms. The number of thiophene rings is 1. The molecule has 19 heavy (non-hydrogen) atoms. The van der Waals surface area contributed by atoms with Gasteiger partial charge >= 0.3 is 5.97 Å². The van der Waals surface area contributed by atoms with Crippen LogP contribution in [-0.2, 0) is 4.74 Å². The molecule has 0 saturated heterocycles. The molecular formula is C12H13N3O3S. The van der Waals surface area contributed by atoms with Crippen LogP contribution in [0.2, 0.25) is 0 Å². The third-order valence-corrected chi connectivity index (χ3v) is 3.15. The van der Waals surface area contributed by atoms with Gasteiger partial charge < -0.3 is 15.2 Å². The summed E-state index contributed by atoms with van der Waals surface area (Å²) in [5, 5.41) is 16.6. The largest absolute Gasteiger partial charge is 0.464 e. The van der Waals surface area contributed by atoms with E-state index in [1.54, 1.807) is 0 Å². The lowest BCUT2D eigenvalue weighted by molar-refractivity contribution is 0.0593. The van der Waals surface area contributed by atoms with E-state index < -0.39 is 12.1 Å². The quantitative estimate of drug-likeness (QED) is 0.806. The summed E-state index contributed by atoms with van der Waals surface area (Å²) in [7, 11) is 1.29. The van der Waals surface area contributed by atoms with E-state index in [1.807, 2.05) is 16.8 Å². The molecule has 6 nitrogen and oxygen atoms in total. The number of hydrogen-bond acceptors (Lipinski definition) is 7. The van der Waals surface area contributed by atoms with Crippen LogP contribution in [0.3, 0.4) is 0 Å². The van der Waals surface area contributed by atoms with Crippen LogP contribution in [0.15, 0.2) is 29.2 Å². The summed E-state index contributed by atoms with van der Waals surface area (Å²) in [4.78, 5) is 19.1. The number of hydrogen-bond donors (Lipinski definition) is 2. The number of ether oxygens (including phenoxy) is 1. The van der Waals surface area contributed by atoms with Crippen LogP contribution < -0.4 is 5.32 Å². The number of nitrogens with zero attached hydrogens (tertiary/aromatic N) is 2. The second-order valence-corrected chi connectivity index (χ2v) is 4.51. The highest BCUT2D eigenvalue weighted by Gasteiger charge is 2.09. The van der Waals surface area contributed by atoms with Crippen molar-refractivity contribution >= 4 is 23.1 Å². The Morgan fingerprint density at radius 1 is 1.53 bits per heavy atom. The van der Waals surface area contributed by atoms with Gasteiger partial charge in [0.15, 0.2) is 5.69 Å². The topological polar surface area (TPSA) is 84.3 Å². The lowest BCUT2D eigenvalue weighted by Gasteiger charge is -2.10. The zero-order valence-corrected chi connectivity index (χ0v) is 11.1. The first kappa shape index (κ1) is 13.4. The molecule has 0 amide bonds. The third kappa shape index (κ3) is 3.49. The van der Waals surface area contributed by atoms with Crippen LogP contribution in [0.1, 0.15) is 22.2 Å². The molecule has 0 aliphatic heterocycles. The van der Waals surface area contributed by atoms with E-state index in [9.17, 15) is 9.90 Å². The normalized spacial score (nSPS) is 11.9. The molecule has 0 bridgehead atoms. The van der Waals surface area contributed by atoms with Crippen molar-refractivity contribution in [2.45, 2.75) is 6.10 Å². The van der Waals surface area contributed by atoms with Gasteiger partial charge in [-0.3, -0.25) is 0 Å². The van der Waals surface area contributed by atoms with E-state index in [-0.39, 0.29) is 5.69 Å². The Hall–Kier alpha value is -1.99. The summed E-state index contributed by atoms with van der Waals surface area (Å²) in [6.45, 7) is 0.322. The van der Waals surface area contributed by atoms with Crippen LogP contribution >= 0.6 is 11.3 Å². The molecule has 2 N–H and O–H groups in total. The molecule has 2 rings (SSSR count). The van der Waals surface area contributed by atoms with Gasteiger partial charge in [-0.1, -0.05) is 0 Å². The van der Waals surface area contributed by atoms with Crippen molar-refractivity contribution in [2.24, 2.45) is 0 Å². The summed E-state index contributed by atoms with van der Waals surface area (Å²) in [5.74, 6) is -0.0423. The summed E-state index contributed by atoms with van der Waals surface area (Å²) in [6, 6.07) is 1.86. The first-order chi connectivity index (χ1) is 9.20. The van der Waals surface area contributed by atoms with Crippen molar-refractivity contribution in [3.63, 3.8) is 0 Å². The van der Waals surface area contributed by atoms with Gasteiger partial charge in [0.2, 0.25) is 0 Å². The van der Waals surface area contributed by atoms with Crippen molar-refractivity contribution in [3.8, 4) is 0 Å². The number of carbonyl (C=O) groups is 1. The molecule has 2 aromatic rings. The highest BCUT2D eigenvalue weighted by Crippen LogP contribution is 2.16. The Bertz CT molecular complexity index is 528. The van der Waals surface area contributed by atoms with Crippen LogP contribution in [-0.4, -0.2) is 34.7 Å². The predicted molar refractivity (Wildman–Crippen MR) is 71.1 cm³/mol. The maximum atomic E-state index is 11.2. The number of esters is 1. The van der Waals surface area contributed by atoms with E-state index in [1.165, 1.54) is 30.8 Å². The first-order valence-corrected chi connectivity index (χ1v) is 6.49. The summed E-state index contributed by atoms with van der Waals surface area (Å²) in [6.07, 6.45) is 2.14. The second-order valence-electron chi connectivity index (χ2n) is 3.73. The average Bonchev–Trinajstić information content (AvgIpc) is 2.98. The smallest absolute Gasteiger partial charge is 0.358 e. The molecule has 2 heterocycles. The Labute approximate surface area is 114 Å². The zero-order valence-electron chi connectivity index (χ0n) is 10.2. The summed E-state index contributed by atoms with van der Waals surface area (Å²) >= 11 is 1.53. The van der Waals surface area contributed by atoms with Gasteiger partial charge in [-0.05, 0) is 22.4 Å². The highest BCUT2D eigenvalue weighted by molar-refractivity contribution is 7.07. The van der Waals surface area contributed by atoms with E-state index in [4.69, 9.17) is 0 Å². The SMILES string of the molecule is COC(=O)c1cnc(NCC(O)c2ccsc2)cn1. The number of nitrogens with one attached hydrogen (secondary N) is 1. The van der Waals surface area contributed by atoms with E-state index in [2.05, 4.69) is 20.0 Å². The fraction of sp³-hybridized carbons (Fsp3) is 0.250. The van der Waals surface area contributed by atoms with Gasteiger partial charge in [-0.2, -0.15) is 11.3 Å². The molecule has 0 radical (unpaired) electrons. The maximum absolute atomic E-state index is 11.2. The van der Waals surface area contributed by atoms with Crippen LogP contribution in [0.4, 0.5) is 5.82 Å². The van der Waals surface area contributed by atoms with Gasteiger partial charge in [-0.15, -0.1) is 0 Å². The second kappa shape index (κ2) is 6.26. The molecular weight excluding hydrogens is 266 g/mol. The summed E-state index contributed by atoms with van der Waals surface area (Å²) in [5.41, 5.74) is 1.00. The standard InChI is InChI=1S/C12H13N3O3S/c1-18-12(17)9-4-14-11(6-13-9)15-5-10(16)8-2-3-19-7-8/h2-4,6-7,10,16H,5H2,1H3,(H,14,15). The molecule has 1 unspecified atom stereocenters. The number of rotatable bonds is 5. The zero-order chi connectivity index (χ0) is 13.7. The Kier molecular flexibility index (Phi) is 4.43. The maximum Gasteiger partial charge on any atom is 0.358 e. The van der Waals surface area contributed by atoms with Gasteiger partial charge in [0.1, 0.15) is 5.82 Å². The average molecular weight is 279 g/mol. The highest BCUT2D eigenvalue weighted by atomic mass is 32.1. The predicted octanol–water partition coefficient (Wildman–Crippen LogP) is 1.47. The number of aliphatic hydroxyl groups is 1. The first-order valence-electron chi connectivity index (χ1n) is 5.55. The summed E-state index contributed by atoms with van der Waals surface area (Å²) < 4.78 is 4.52. The van der Waals surface area contributed by atoms with E-state index in [0.717, 1.165) is 5.56 Å². The monoisotopic (exact) mass is 279 g/mol. The molecule has 0 aliphatic carbocycles. The van der Waals surface area contributed by atoms with Crippen molar-refractivity contribution in [1.82, 2.24) is 9.97 Å². The number of anilines is 1. The lowest BCUT2D eigenvalue weighted by Crippen LogP contribution is -2.13. The fourth-order valence-corrected chi connectivity index (χ4v) is 2.12. The molecule has 0 fully saturated rings. The molecule has 100 valence electrons. The van der Waals surface area contributed by atoms with Crippen LogP contribution in [0, 0.1) is 0 Å². The molecule has 1 atom stereocenters. The molecule has 0 aliphatic rings. The number of carbonyl (C=O) groups excluding carboxylic acids is 1. The van der Waals surface area contributed by atoms with Gasteiger partial charge in [0, 0.05) is 6.54 Å². The van der Waals surface area contributed by atoms with E-state index >= 15 is 0 Å². The van der Waals surface area contributed by atoms with Crippen LogP contribution in [0.5, 0.6) is 0 Å². The molecule has 2 aromatic heterocycles. The Morgan fingerprint density at radius 3 is 2.95 bits per heavy atom. The Balaban J connectivity index is 1.91. The van der Waals surface area contributed by atoms with Gasteiger partial charge in [0.05, 0.1) is 25.6 Å². The molecule has 0 aromatic carbocycles. The van der Waals surface area contributed by atoms with Crippen molar-refractivity contribution in [1.29, 1.82) is 0 Å². The van der Waals surface area contributed by atoms with Crippen LogP contribution in [0.25, 0.3) is 0 Å². The van der Waals surface area contributed by atoms with Crippen molar-refractivity contribution in [3.05, 3.63) is 40.5 Å². The third-order valence-electron chi connectivity index (χ3n) is 2.45. The minimum atomic E-state index is -0.603. The lowest BCUT2D eigenvalue weighted by atomic mass is 10.2. The van der Waals surface area contributed by atoms with Gasteiger partial charge in [0.25, 0.3) is 0 Å². The number of methoxy groups -OCH3 is 1. The fourth-order valence-electron chi connectivity index (χ4n) is 1.41. The minimum absolute atomic E-state index is 0.145. The molecule has 0 spiro atoms. The van der Waals surface area contributed by atoms with Crippen molar-refractivity contribution < 1.29 is 14.6 Å². The van der Waals surface area contributed by atoms with Crippen molar-refractivity contribution in [2.75, 3.05) is 19.0 Å². The minimum Gasteiger partial charge on any atom is -0.464 e. The number of aliphatic hydroxyl groups excluding tert-OH is 1. The number of aromatic nitrogens is 2. The van der Waals surface area contributed by atoms with E-state index in [0.29, 0.717) is 12.4 Å². The van der Waals surface area contributed by atoms with Gasteiger partial charge in [-0.25, -0.2) is 14.8 Å². The Morgan fingerprint density at radius 2 is 2.37 bits per heavy atom.